The fourth-order valence-electron chi connectivity index (χ4n) is 1.56. The molecular weight excluding hydrogens is 252 g/mol. The van der Waals surface area contributed by atoms with Gasteiger partial charge in [-0.3, -0.25) is 4.68 Å². The van der Waals surface area contributed by atoms with Gasteiger partial charge in [-0.2, -0.15) is 5.10 Å². The van der Waals surface area contributed by atoms with Crippen LogP contribution in [-0.2, 0) is 16.6 Å². The minimum absolute atomic E-state index is 0.0423. The van der Waals surface area contributed by atoms with Gasteiger partial charge >= 0.3 is 0 Å². The lowest BCUT2D eigenvalue weighted by Gasteiger charge is -2.19. The molecule has 3 N–H and O–H groups in total. The molecule has 1 aromatic heterocycles. The van der Waals surface area contributed by atoms with Crippen LogP contribution in [0.4, 0.5) is 5.82 Å². The first-order valence-electron chi connectivity index (χ1n) is 6.17. The Balaban J connectivity index is 2.96. The molecule has 0 amide bonds. The molecule has 0 saturated heterocycles. The van der Waals surface area contributed by atoms with Crippen LogP contribution in [0.5, 0.6) is 0 Å². The summed E-state index contributed by atoms with van der Waals surface area (Å²) in [7, 11) is -3.59. The molecular formula is C11H22N4O2S. The van der Waals surface area contributed by atoms with Crippen LogP contribution in [0.2, 0.25) is 0 Å². The summed E-state index contributed by atoms with van der Waals surface area (Å²) in [6.45, 7) is 8.34. The van der Waals surface area contributed by atoms with Crippen molar-refractivity contribution in [2.75, 3.05) is 5.73 Å². The van der Waals surface area contributed by atoms with Crippen molar-refractivity contribution in [3.8, 4) is 0 Å². The van der Waals surface area contributed by atoms with Gasteiger partial charge in [-0.05, 0) is 19.8 Å². The predicted molar refractivity (Wildman–Crippen MR) is 71.6 cm³/mol. The molecule has 1 rings (SSSR count). The van der Waals surface area contributed by atoms with Crippen molar-refractivity contribution in [1.82, 2.24) is 14.5 Å². The standard InChI is InChI=1S/C11H22N4O2S/c1-5-8(3)9(4)14-18(16,17)10-7-15(6-2)13-11(10)12/h7-9,14H,5-6H2,1-4H3,(H2,12,13). The number of rotatable bonds is 6. The third-order valence-electron chi connectivity index (χ3n) is 3.21. The Morgan fingerprint density at radius 2 is 2.06 bits per heavy atom. The lowest BCUT2D eigenvalue weighted by atomic mass is 10.0. The number of hydrogen-bond acceptors (Lipinski definition) is 4. The molecule has 0 bridgehead atoms. The van der Waals surface area contributed by atoms with Crippen molar-refractivity contribution in [2.45, 2.75) is 51.6 Å². The van der Waals surface area contributed by atoms with Crippen molar-refractivity contribution in [1.29, 1.82) is 0 Å². The largest absolute Gasteiger partial charge is 0.381 e. The molecule has 0 aromatic carbocycles. The summed E-state index contributed by atoms with van der Waals surface area (Å²) in [6.07, 6.45) is 2.37. The van der Waals surface area contributed by atoms with Crippen molar-refractivity contribution >= 4 is 15.8 Å². The number of nitrogen functional groups attached to an aromatic ring is 1. The maximum atomic E-state index is 12.2. The monoisotopic (exact) mass is 274 g/mol. The second-order valence-electron chi connectivity index (χ2n) is 4.53. The molecule has 104 valence electrons. The zero-order valence-electron chi connectivity index (χ0n) is 11.3. The van der Waals surface area contributed by atoms with Gasteiger partial charge in [-0.1, -0.05) is 20.3 Å². The number of hydrogen-bond donors (Lipinski definition) is 2. The van der Waals surface area contributed by atoms with E-state index in [9.17, 15) is 8.42 Å². The van der Waals surface area contributed by atoms with Gasteiger partial charge in [-0.25, -0.2) is 13.1 Å². The Bertz CT molecular complexity index is 495. The van der Waals surface area contributed by atoms with Gasteiger partial charge in [0, 0.05) is 18.8 Å². The van der Waals surface area contributed by atoms with Crippen molar-refractivity contribution in [2.24, 2.45) is 5.92 Å². The van der Waals surface area contributed by atoms with E-state index in [0.717, 1.165) is 6.42 Å². The molecule has 18 heavy (non-hydrogen) atoms. The van der Waals surface area contributed by atoms with Crippen LogP contribution in [0.3, 0.4) is 0 Å². The molecule has 0 spiro atoms. The Kier molecular flexibility index (Phi) is 4.75. The summed E-state index contributed by atoms with van der Waals surface area (Å²) in [6, 6.07) is -0.135. The molecule has 0 saturated carbocycles. The van der Waals surface area contributed by atoms with E-state index in [4.69, 9.17) is 5.73 Å². The molecule has 1 aromatic rings. The van der Waals surface area contributed by atoms with Crippen LogP contribution in [0, 0.1) is 5.92 Å². The molecule has 0 radical (unpaired) electrons. The topological polar surface area (TPSA) is 90.0 Å². The summed E-state index contributed by atoms with van der Waals surface area (Å²) in [5.41, 5.74) is 5.64. The van der Waals surface area contributed by atoms with E-state index in [2.05, 4.69) is 9.82 Å². The normalized spacial score (nSPS) is 15.6. The highest BCUT2D eigenvalue weighted by Gasteiger charge is 2.24. The average Bonchev–Trinajstić information content (AvgIpc) is 2.69. The van der Waals surface area contributed by atoms with E-state index in [1.807, 2.05) is 27.7 Å². The summed E-state index contributed by atoms with van der Waals surface area (Å²) in [4.78, 5) is 0.0551. The second kappa shape index (κ2) is 5.71. The highest BCUT2D eigenvalue weighted by Crippen LogP contribution is 2.18. The molecule has 7 heteroatoms. The molecule has 0 aliphatic rings. The summed E-state index contributed by atoms with van der Waals surface area (Å²) < 4.78 is 28.5. The van der Waals surface area contributed by atoms with Crippen LogP contribution < -0.4 is 10.5 Å². The highest BCUT2D eigenvalue weighted by molar-refractivity contribution is 7.89. The van der Waals surface area contributed by atoms with Gasteiger partial charge in [0.05, 0.1) is 0 Å². The van der Waals surface area contributed by atoms with Crippen LogP contribution in [0.25, 0.3) is 0 Å². The predicted octanol–water partition coefficient (Wildman–Crippen LogP) is 1.20. The number of nitrogens with one attached hydrogen (secondary N) is 1. The first-order chi connectivity index (χ1) is 8.31. The number of sulfonamides is 1. The van der Waals surface area contributed by atoms with Crippen LogP contribution in [-0.4, -0.2) is 24.2 Å². The van der Waals surface area contributed by atoms with Gasteiger partial charge in [0.2, 0.25) is 10.0 Å². The Morgan fingerprint density at radius 3 is 2.50 bits per heavy atom. The van der Waals surface area contributed by atoms with Crippen molar-refractivity contribution < 1.29 is 8.42 Å². The summed E-state index contributed by atoms with van der Waals surface area (Å²) in [5.74, 6) is 0.308. The minimum Gasteiger partial charge on any atom is -0.381 e. The highest BCUT2D eigenvalue weighted by atomic mass is 32.2. The number of aryl methyl sites for hydroxylation is 1. The third kappa shape index (κ3) is 3.23. The molecule has 0 aliphatic heterocycles. The van der Waals surface area contributed by atoms with E-state index in [-0.39, 0.29) is 22.7 Å². The van der Waals surface area contributed by atoms with E-state index >= 15 is 0 Å². The minimum atomic E-state index is -3.59. The Labute approximate surface area is 109 Å². The summed E-state index contributed by atoms with van der Waals surface area (Å²) >= 11 is 0. The van der Waals surface area contributed by atoms with Gasteiger partial charge in [0.1, 0.15) is 4.90 Å². The van der Waals surface area contributed by atoms with Crippen LogP contribution in [0.15, 0.2) is 11.1 Å². The van der Waals surface area contributed by atoms with Gasteiger partial charge in [0.15, 0.2) is 5.82 Å². The maximum absolute atomic E-state index is 12.2. The Morgan fingerprint density at radius 1 is 1.44 bits per heavy atom. The SMILES string of the molecule is CCC(C)C(C)NS(=O)(=O)c1cn(CC)nc1N. The average molecular weight is 274 g/mol. The van der Waals surface area contributed by atoms with Crippen LogP contribution >= 0.6 is 0 Å². The van der Waals surface area contributed by atoms with Gasteiger partial charge in [0.25, 0.3) is 0 Å². The molecule has 0 aliphatic carbocycles. The fraction of sp³-hybridized carbons (Fsp3) is 0.727. The smallest absolute Gasteiger partial charge is 0.246 e. The lowest BCUT2D eigenvalue weighted by molar-refractivity contribution is 0.434. The quantitative estimate of drug-likeness (QED) is 0.815. The zero-order valence-corrected chi connectivity index (χ0v) is 12.2. The van der Waals surface area contributed by atoms with Gasteiger partial charge < -0.3 is 5.73 Å². The van der Waals surface area contributed by atoms with E-state index in [1.165, 1.54) is 10.9 Å². The fourth-order valence-corrected chi connectivity index (χ4v) is 2.99. The molecule has 2 unspecified atom stereocenters. The number of aromatic nitrogens is 2. The number of nitrogens with two attached hydrogens (primary N) is 1. The second-order valence-corrected chi connectivity index (χ2v) is 6.21. The molecule has 0 fully saturated rings. The van der Waals surface area contributed by atoms with Crippen LogP contribution in [0.1, 0.15) is 34.1 Å². The molecule has 2 atom stereocenters. The zero-order chi connectivity index (χ0) is 13.9. The number of nitrogens with zero attached hydrogens (tertiary/aromatic N) is 2. The van der Waals surface area contributed by atoms with Gasteiger partial charge in [-0.15, -0.1) is 0 Å². The van der Waals surface area contributed by atoms with E-state index in [0.29, 0.717) is 6.54 Å². The number of anilines is 1. The Hall–Kier alpha value is -1.08. The summed E-state index contributed by atoms with van der Waals surface area (Å²) in [5, 5.41) is 3.94. The van der Waals surface area contributed by atoms with Crippen molar-refractivity contribution in [3.63, 3.8) is 0 Å². The maximum Gasteiger partial charge on any atom is 0.246 e. The van der Waals surface area contributed by atoms with E-state index in [1.54, 1.807) is 0 Å². The lowest BCUT2D eigenvalue weighted by Crippen LogP contribution is -2.37. The molecule has 6 nitrogen and oxygen atoms in total. The van der Waals surface area contributed by atoms with E-state index < -0.39 is 10.0 Å². The van der Waals surface area contributed by atoms with Crippen molar-refractivity contribution in [3.05, 3.63) is 6.20 Å². The third-order valence-corrected chi connectivity index (χ3v) is 4.78. The first kappa shape index (κ1) is 15.0. The first-order valence-corrected chi connectivity index (χ1v) is 7.65. The molecule has 1 heterocycles.